The predicted molar refractivity (Wildman–Crippen MR) is 115 cm³/mol. The Balaban J connectivity index is 1.31. The largest absolute Gasteiger partial charge is 0.338 e. The fourth-order valence-electron chi connectivity index (χ4n) is 3.62. The van der Waals surface area contributed by atoms with Crippen molar-refractivity contribution in [3.8, 4) is 11.4 Å². The van der Waals surface area contributed by atoms with Gasteiger partial charge in [0.2, 0.25) is 17.6 Å². The molecule has 2 aromatic carbocycles. The number of rotatable bonds is 5. The van der Waals surface area contributed by atoms with Crippen molar-refractivity contribution in [3.05, 3.63) is 65.0 Å². The maximum absolute atomic E-state index is 12.8. The Hall–Kier alpha value is -2.51. The summed E-state index contributed by atoms with van der Waals surface area (Å²) in [6.45, 7) is 2.29. The smallest absolute Gasteiger partial charge is 0.241 e. The lowest BCUT2D eigenvalue weighted by Crippen LogP contribution is -2.41. The van der Waals surface area contributed by atoms with Gasteiger partial charge in [-0.1, -0.05) is 39.3 Å². The second-order valence-corrected chi connectivity index (χ2v) is 8.22. The topological polar surface area (TPSA) is 62.5 Å². The van der Waals surface area contributed by atoms with E-state index < -0.39 is 0 Å². The van der Waals surface area contributed by atoms with E-state index in [9.17, 15) is 4.79 Å². The fraction of sp³-hybridized carbons (Fsp3) is 0.318. The molecule has 0 aliphatic carbocycles. The standard InChI is InChI=1S/C22H23BrN4O2/c1-26(19-5-3-2-4-6-19)22(28)17-11-13-27(14-12-17)15-20-24-21(25-29-20)16-7-9-18(23)10-8-16/h2-10,17H,11-15H2,1H3. The van der Waals surface area contributed by atoms with Gasteiger partial charge >= 0.3 is 0 Å². The first-order chi connectivity index (χ1) is 14.1. The van der Waals surface area contributed by atoms with E-state index in [4.69, 9.17) is 4.52 Å². The second kappa shape index (κ2) is 8.88. The lowest BCUT2D eigenvalue weighted by molar-refractivity contribution is -0.123. The predicted octanol–water partition coefficient (Wildman–Crippen LogP) is 4.37. The molecule has 0 bridgehead atoms. The van der Waals surface area contributed by atoms with Gasteiger partial charge in [-0.05, 0) is 62.3 Å². The third-order valence-corrected chi connectivity index (χ3v) is 5.87. The molecular weight excluding hydrogens is 432 g/mol. The summed E-state index contributed by atoms with van der Waals surface area (Å²) in [6, 6.07) is 17.6. The first kappa shape index (κ1) is 19.8. The molecule has 6 nitrogen and oxygen atoms in total. The summed E-state index contributed by atoms with van der Waals surface area (Å²) in [5.41, 5.74) is 1.86. The molecule has 0 atom stereocenters. The van der Waals surface area contributed by atoms with Gasteiger partial charge < -0.3 is 9.42 Å². The molecule has 1 fully saturated rings. The number of carbonyl (C=O) groups is 1. The summed E-state index contributed by atoms with van der Waals surface area (Å²) in [5, 5.41) is 4.09. The molecule has 3 aromatic rings. The number of halogens is 1. The van der Waals surface area contributed by atoms with Crippen LogP contribution in [0.4, 0.5) is 5.69 Å². The number of aromatic nitrogens is 2. The monoisotopic (exact) mass is 454 g/mol. The zero-order valence-corrected chi connectivity index (χ0v) is 17.9. The SMILES string of the molecule is CN(C(=O)C1CCN(Cc2nc(-c3ccc(Br)cc3)no2)CC1)c1ccccc1. The highest BCUT2D eigenvalue weighted by molar-refractivity contribution is 9.10. The van der Waals surface area contributed by atoms with Crippen LogP contribution in [0.15, 0.2) is 63.6 Å². The number of amides is 1. The molecule has 0 unspecified atom stereocenters. The molecule has 29 heavy (non-hydrogen) atoms. The van der Waals surface area contributed by atoms with Gasteiger partial charge in [0.25, 0.3) is 0 Å². The number of carbonyl (C=O) groups excluding carboxylic acids is 1. The molecule has 4 rings (SSSR count). The Labute approximate surface area is 178 Å². The van der Waals surface area contributed by atoms with Crippen molar-refractivity contribution in [2.45, 2.75) is 19.4 Å². The van der Waals surface area contributed by atoms with Crippen molar-refractivity contribution in [1.82, 2.24) is 15.0 Å². The van der Waals surface area contributed by atoms with E-state index in [1.165, 1.54) is 0 Å². The number of likely N-dealkylation sites (tertiary alicyclic amines) is 1. The molecule has 1 amide bonds. The lowest BCUT2D eigenvalue weighted by Gasteiger charge is -2.32. The molecule has 1 aromatic heterocycles. The average Bonchev–Trinajstić information content (AvgIpc) is 3.23. The normalized spacial score (nSPS) is 15.4. The van der Waals surface area contributed by atoms with Crippen LogP contribution in [-0.4, -0.2) is 41.1 Å². The highest BCUT2D eigenvalue weighted by Gasteiger charge is 2.28. The van der Waals surface area contributed by atoms with Crippen molar-refractivity contribution in [2.24, 2.45) is 5.92 Å². The average molecular weight is 455 g/mol. The Bertz CT molecular complexity index is 950. The maximum Gasteiger partial charge on any atom is 0.241 e. The van der Waals surface area contributed by atoms with Gasteiger partial charge in [-0.25, -0.2) is 0 Å². The third kappa shape index (κ3) is 4.74. The number of hydrogen-bond acceptors (Lipinski definition) is 5. The molecule has 0 radical (unpaired) electrons. The zero-order chi connectivity index (χ0) is 20.2. The fourth-order valence-corrected chi connectivity index (χ4v) is 3.88. The second-order valence-electron chi connectivity index (χ2n) is 7.30. The summed E-state index contributed by atoms with van der Waals surface area (Å²) >= 11 is 3.43. The molecule has 7 heteroatoms. The molecule has 0 spiro atoms. The third-order valence-electron chi connectivity index (χ3n) is 5.34. The lowest BCUT2D eigenvalue weighted by atomic mass is 9.95. The van der Waals surface area contributed by atoms with Crippen LogP contribution in [0.3, 0.4) is 0 Å². The van der Waals surface area contributed by atoms with Crippen molar-refractivity contribution in [2.75, 3.05) is 25.0 Å². The van der Waals surface area contributed by atoms with Gasteiger partial charge in [-0.15, -0.1) is 0 Å². The van der Waals surface area contributed by atoms with Gasteiger partial charge in [0.1, 0.15) is 0 Å². The molecule has 1 aliphatic rings. The molecule has 0 N–H and O–H groups in total. The molecule has 1 aliphatic heterocycles. The van der Waals surface area contributed by atoms with Crippen molar-refractivity contribution >= 4 is 27.5 Å². The Morgan fingerprint density at radius 3 is 2.52 bits per heavy atom. The number of para-hydroxylation sites is 1. The number of nitrogens with zero attached hydrogens (tertiary/aromatic N) is 4. The Kier molecular flexibility index (Phi) is 6.06. The number of hydrogen-bond donors (Lipinski definition) is 0. The highest BCUT2D eigenvalue weighted by Crippen LogP contribution is 2.24. The van der Waals surface area contributed by atoms with Crippen LogP contribution in [0, 0.1) is 5.92 Å². The minimum atomic E-state index is 0.0532. The summed E-state index contributed by atoms with van der Waals surface area (Å²) in [7, 11) is 1.85. The Morgan fingerprint density at radius 2 is 1.83 bits per heavy atom. The summed E-state index contributed by atoms with van der Waals surface area (Å²) in [5.74, 6) is 1.44. The van der Waals surface area contributed by atoms with Crippen molar-refractivity contribution in [1.29, 1.82) is 0 Å². The van der Waals surface area contributed by atoms with Crippen LogP contribution in [-0.2, 0) is 11.3 Å². The molecule has 2 heterocycles. The molecule has 1 saturated heterocycles. The zero-order valence-electron chi connectivity index (χ0n) is 16.3. The highest BCUT2D eigenvalue weighted by atomic mass is 79.9. The minimum absolute atomic E-state index is 0.0532. The van der Waals surface area contributed by atoms with E-state index in [1.54, 1.807) is 4.90 Å². The van der Waals surface area contributed by atoms with E-state index in [1.807, 2.05) is 61.6 Å². The summed E-state index contributed by atoms with van der Waals surface area (Å²) in [6.07, 6.45) is 1.67. The number of piperidine rings is 1. The summed E-state index contributed by atoms with van der Waals surface area (Å²) in [4.78, 5) is 21.4. The molecule has 150 valence electrons. The van der Waals surface area contributed by atoms with Gasteiger partial charge in [-0.3, -0.25) is 9.69 Å². The number of benzene rings is 2. The minimum Gasteiger partial charge on any atom is -0.338 e. The van der Waals surface area contributed by atoms with Crippen LogP contribution in [0.2, 0.25) is 0 Å². The first-order valence-electron chi connectivity index (χ1n) is 9.73. The van der Waals surface area contributed by atoms with Crippen LogP contribution in [0.1, 0.15) is 18.7 Å². The van der Waals surface area contributed by atoms with Crippen LogP contribution < -0.4 is 4.90 Å². The summed E-state index contributed by atoms with van der Waals surface area (Å²) < 4.78 is 6.45. The van der Waals surface area contributed by atoms with Crippen LogP contribution >= 0.6 is 15.9 Å². The van der Waals surface area contributed by atoms with E-state index in [0.717, 1.165) is 41.7 Å². The molecular formula is C22H23BrN4O2. The van der Waals surface area contributed by atoms with Crippen LogP contribution in [0.5, 0.6) is 0 Å². The van der Waals surface area contributed by atoms with E-state index in [0.29, 0.717) is 18.3 Å². The maximum atomic E-state index is 12.8. The van der Waals surface area contributed by atoms with Gasteiger partial charge in [0.05, 0.1) is 6.54 Å². The van der Waals surface area contributed by atoms with Gasteiger partial charge in [0, 0.05) is 28.7 Å². The molecule has 0 saturated carbocycles. The van der Waals surface area contributed by atoms with Gasteiger partial charge in [-0.2, -0.15) is 4.98 Å². The van der Waals surface area contributed by atoms with E-state index >= 15 is 0 Å². The van der Waals surface area contributed by atoms with Crippen molar-refractivity contribution < 1.29 is 9.32 Å². The van der Waals surface area contributed by atoms with Crippen molar-refractivity contribution in [3.63, 3.8) is 0 Å². The van der Waals surface area contributed by atoms with E-state index in [-0.39, 0.29) is 11.8 Å². The first-order valence-corrected chi connectivity index (χ1v) is 10.5. The van der Waals surface area contributed by atoms with E-state index in [2.05, 4.69) is 31.0 Å². The quantitative estimate of drug-likeness (QED) is 0.572. The Morgan fingerprint density at radius 1 is 1.14 bits per heavy atom. The van der Waals surface area contributed by atoms with Gasteiger partial charge in [0.15, 0.2) is 0 Å². The van der Waals surface area contributed by atoms with Crippen LogP contribution in [0.25, 0.3) is 11.4 Å². The number of anilines is 1.